The number of alkyl halides is 17. The summed E-state index contributed by atoms with van der Waals surface area (Å²) in [4.78, 5) is 0. The molecule has 5 nitrogen and oxygen atoms in total. The Hall–Kier alpha value is -1.36. The van der Waals surface area contributed by atoms with Crippen LogP contribution in [0.5, 0.6) is 0 Å². The maximum absolute atomic E-state index is 13.7. The van der Waals surface area contributed by atoms with Crippen molar-refractivity contribution in [2.75, 3.05) is 13.8 Å². The zero-order valence-corrected chi connectivity index (χ0v) is 16.4. The van der Waals surface area contributed by atoms with Crippen LogP contribution < -0.4 is 0 Å². The number of hydrogen-bond acceptors (Lipinski definition) is 4. The van der Waals surface area contributed by atoms with Gasteiger partial charge in [-0.05, 0) is 0 Å². The predicted octanol–water partition coefficient (Wildman–Crippen LogP) is 5.43. The molecule has 0 aromatic heterocycles. The Balaban J connectivity index is 0. The van der Waals surface area contributed by atoms with E-state index in [1.165, 1.54) is 4.74 Å². The largest absolute Gasteiger partial charge is 0.460 e. The molecule has 1 atom stereocenters. The first-order chi connectivity index (χ1) is 14.4. The van der Waals surface area contributed by atoms with Crippen LogP contribution in [0.15, 0.2) is 0 Å². The lowest BCUT2D eigenvalue weighted by atomic mass is 10.1. The highest BCUT2D eigenvalue weighted by atomic mass is 32.2. The fourth-order valence-corrected chi connectivity index (χ4v) is 1.70. The molecule has 0 saturated heterocycles. The Morgan fingerprint density at radius 1 is 0.706 bits per heavy atom. The Bertz CT molecular complexity index is 787. The second kappa shape index (κ2) is 9.59. The molecule has 0 amide bonds. The average molecular weight is 576 g/mol. The van der Waals surface area contributed by atoms with E-state index in [2.05, 4.69) is 4.74 Å². The minimum absolute atomic E-state index is 0.500. The third-order valence-electron chi connectivity index (χ3n) is 3.12. The molecule has 0 aromatic rings. The molecule has 208 valence electrons. The van der Waals surface area contributed by atoms with Gasteiger partial charge in [-0.25, -0.2) is 0 Å². The molecule has 34 heavy (non-hydrogen) atoms. The lowest BCUT2D eigenvalue weighted by molar-refractivity contribution is -0.516. The SMILES string of the molecule is CC(F)(F)C(F)(F)C(F)(F)COC(F)(F)C(F)(OC(F)(F)C(F)(F)S(=O)(=O)O)C(F)(F)F.CF. The van der Waals surface area contributed by atoms with Crippen LogP contribution in [0.1, 0.15) is 6.92 Å². The second-order valence-electron chi connectivity index (χ2n) is 5.68. The van der Waals surface area contributed by atoms with Gasteiger partial charge >= 0.3 is 57.4 Å². The van der Waals surface area contributed by atoms with Crippen LogP contribution in [0.3, 0.4) is 0 Å². The van der Waals surface area contributed by atoms with Crippen LogP contribution in [0.2, 0.25) is 0 Å². The van der Waals surface area contributed by atoms with Crippen molar-refractivity contribution in [2.45, 2.75) is 54.2 Å². The minimum Gasteiger partial charge on any atom is -0.309 e. The van der Waals surface area contributed by atoms with Crippen LogP contribution >= 0.6 is 0 Å². The van der Waals surface area contributed by atoms with Crippen LogP contribution in [0, 0.1) is 0 Å². The zero-order valence-electron chi connectivity index (χ0n) is 15.6. The van der Waals surface area contributed by atoms with Gasteiger partial charge in [0.25, 0.3) is 0 Å². The third kappa shape index (κ3) is 6.25. The molecule has 0 aliphatic carbocycles. The molecule has 0 aliphatic rings. The molecular formula is C11H9F17O5S. The molecule has 0 heterocycles. The highest BCUT2D eigenvalue weighted by molar-refractivity contribution is 7.86. The summed E-state index contributed by atoms with van der Waals surface area (Å²) in [6.07, 6.45) is -22.7. The van der Waals surface area contributed by atoms with Crippen molar-refractivity contribution >= 4 is 10.1 Å². The highest BCUT2D eigenvalue weighted by Crippen LogP contribution is 2.54. The van der Waals surface area contributed by atoms with E-state index in [0.29, 0.717) is 7.18 Å². The first kappa shape index (κ1) is 34.8. The van der Waals surface area contributed by atoms with Crippen molar-refractivity contribution in [1.29, 1.82) is 0 Å². The maximum Gasteiger partial charge on any atom is 0.460 e. The molecule has 0 spiro atoms. The first-order valence-electron chi connectivity index (χ1n) is 7.13. The van der Waals surface area contributed by atoms with Crippen molar-refractivity contribution in [1.82, 2.24) is 0 Å². The summed E-state index contributed by atoms with van der Waals surface area (Å²) in [5.74, 6) is -26.7. The van der Waals surface area contributed by atoms with Crippen molar-refractivity contribution in [2.24, 2.45) is 0 Å². The van der Waals surface area contributed by atoms with E-state index >= 15 is 0 Å². The molecule has 0 fully saturated rings. The molecule has 0 rings (SSSR count). The van der Waals surface area contributed by atoms with Crippen LogP contribution in [-0.4, -0.2) is 74.0 Å². The fraction of sp³-hybridized carbons (Fsp3) is 1.00. The van der Waals surface area contributed by atoms with Crippen LogP contribution in [0.4, 0.5) is 74.6 Å². The van der Waals surface area contributed by atoms with E-state index in [1.54, 1.807) is 0 Å². The number of halogens is 17. The lowest BCUT2D eigenvalue weighted by Crippen LogP contribution is -2.65. The van der Waals surface area contributed by atoms with Gasteiger partial charge in [-0.15, -0.1) is 0 Å². The Morgan fingerprint density at radius 3 is 1.32 bits per heavy atom. The van der Waals surface area contributed by atoms with E-state index in [9.17, 15) is 83.1 Å². The van der Waals surface area contributed by atoms with Crippen LogP contribution in [-0.2, 0) is 19.6 Å². The molecule has 1 N–H and O–H groups in total. The molecule has 23 heteroatoms. The molecule has 0 saturated carbocycles. The summed E-state index contributed by atoms with van der Waals surface area (Å²) in [5, 5.41) is -7.29. The molecule has 0 radical (unpaired) electrons. The minimum atomic E-state index is -7.71. The zero-order chi connectivity index (χ0) is 28.6. The second-order valence-corrected chi connectivity index (χ2v) is 7.14. The van der Waals surface area contributed by atoms with Gasteiger partial charge in [0.05, 0.1) is 7.18 Å². The fourth-order valence-electron chi connectivity index (χ4n) is 1.35. The standard InChI is InChI=1S/C10H6F16O5S.CH3F/c1-3(11,12)5(15,16)4(13,14)2-30-8(21,22)6(17,7(18,19)20)31-9(23,24)10(25,26)32(27,28)29;1-2/h2H2,1H3,(H,27,28,29);1H3. The van der Waals surface area contributed by atoms with Gasteiger partial charge in [0.15, 0.2) is 0 Å². The Morgan fingerprint density at radius 2 is 1.06 bits per heavy atom. The third-order valence-corrected chi connectivity index (χ3v) is 4.00. The predicted molar refractivity (Wildman–Crippen MR) is 70.9 cm³/mol. The summed E-state index contributed by atoms with van der Waals surface area (Å²) in [6.45, 7) is -4.91. The van der Waals surface area contributed by atoms with Gasteiger partial charge < -0.3 is 4.74 Å². The van der Waals surface area contributed by atoms with Crippen molar-refractivity contribution in [3.63, 3.8) is 0 Å². The Kier molecular flexibility index (Phi) is 9.82. The number of rotatable bonds is 10. The lowest BCUT2D eigenvalue weighted by Gasteiger charge is -2.38. The number of ether oxygens (including phenoxy) is 2. The molecule has 0 bridgehead atoms. The molecule has 0 aliphatic heterocycles. The first-order valence-corrected chi connectivity index (χ1v) is 8.57. The summed E-state index contributed by atoms with van der Waals surface area (Å²) in [5.41, 5.74) is 0. The van der Waals surface area contributed by atoms with E-state index in [-0.39, 0.29) is 0 Å². The molecular weight excluding hydrogens is 567 g/mol. The number of hydrogen-bond donors (Lipinski definition) is 1. The van der Waals surface area contributed by atoms with Gasteiger partial charge in [0.2, 0.25) is 0 Å². The summed E-state index contributed by atoms with van der Waals surface area (Å²) in [7, 11) is -7.03. The normalized spacial score (nSPS) is 17.1. The van der Waals surface area contributed by atoms with E-state index < -0.39 is 70.9 Å². The van der Waals surface area contributed by atoms with E-state index in [1.807, 2.05) is 0 Å². The van der Waals surface area contributed by atoms with Gasteiger partial charge in [0, 0.05) is 6.92 Å². The summed E-state index contributed by atoms with van der Waals surface area (Å²) < 4.78 is 248. The van der Waals surface area contributed by atoms with E-state index in [0.717, 1.165) is 0 Å². The molecule has 1 unspecified atom stereocenters. The van der Waals surface area contributed by atoms with Gasteiger partial charge in [0.1, 0.15) is 6.61 Å². The Labute approximate surface area is 176 Å². The average Bonchev–Trinajstić information content (AvgIpc) is 2.58. The van der Waals surface area contributed by atoms with Crippen LogP contribution in [0.25, 0.3) is 0 Å². The van der Waals surface area contributed by atoms with Crippen molar-refractivity contribution < 1.29 is 97.1 Å². The summed E-state index contributed by atoms with van der Waals surface area (Å²) in [6, 6.07) is 0. The maximum atomic E-state index is 13.7. The quantitative estimate of drug-likeness (QED) is 0.278. The van der Waals surface area contributed by atoms with E-state index in [4.69, 9.17) is 4.55 Å². The van der Waals surface area contributed by atoms with Crippen molar-refractivity contribution in [3.8, 4) is 0 Å². The van der Waals surface area contributed by atoms with Gasteiger partial charge in [-0.2, -0.15) is 78.7 Å². The highest BCUT2D eigenvalue weighted by Gasteiger charge is 2.82. The molecule has 0 aromatic carbocycles. The monoisotopic (exact) mass is 576 g/mol. The smallest absolute Gasteiger partial charge is 0.309 e. The van der Waals surface area contributed by atoms with Gasteiger partial charge in [-0.1, -0.05) is 0 Å². The van der Waals surface area contributed by atoms with Crippen molar-refractivity contribution in [3.05, 3.63) is 0 Å². The van der Waals surface area contributed by atoms with Gasteiger partial charge in [-0.3, -0.25) is 13.7 Å². The topological polar surface area (TPSA) is 72.8 Å². The summed E-state index contributed by atoms with van der Waals surface area (Å²) >= 11 is 0.